The molecule has 4 rings (SSSR count). The van der Waals surface area contributed by atoms with Gasteiger partial charge in [-0.2, -0.15) is 0 Å². The smallest absolute Gasteiger partial charge is 0.231 e. The topological polar surface area (TPSA) is 63.2 Å². The van der Waals surface area contributed by atoms with Gasteiger partial charge in [-0.3, -0.25) is 0 Å². The first-order chi connectivity index (χ1) is 14.6. The molecule has 0 bridgehead atoms. The van der Waals surface area contributed by atoms with Crippen LogP contribution < -0.4 is 23.7 Å². The third-order valence-electron chi connectivity index (χ3n) is 4.90. The van der Waals surface area contributed by atoms with Crippen molar-refractivity contribution in [1.82, 2.24) is 0 Å². The van der Waals surface area contributed by atoms with Gasteiger partial charge >= 0.3 is 0 Å². The number of ether oxygens (including phenoxy) is 5. The highest BCUT2D eigenvalue weighted by molar-refractivity contribution is 7.85. The Morgan fingerprint density at radius 3 is 2.10 bits per heavy atom. The lowest BCUT2D eigenvalue weighted by molar-refractivity contribution is 0.174. The quantitative estimate of drug-likeness (QED) is 0.575. The normalized spacial score (nSPS) is 13.1. The fourth-order valence-corrected chi connectivity index (χ4v) is 4.61. The molecule has 1 atom stereocenters. The Hall–Kier alpha value is -3.19. The molecule has 0 radical (unpaired) electrons. The van der Waals surface area contributed by atoms with Gasteiger partial charge in [0.25, 0.3) is 0 Å². The maximum absolute atomic E-state index is 13.5. The van der Waals surface area contributed by atoms with Gasteiger partial charge in [0.1, 0.15) is 0 Å². The highest BCUT2D eigenvalue weighted by Gasteiger charge is 2.26. The molecule has 1 heterocycles. The summed E-state index contributed by atoms with van der Waals surface area (Å²) in [6, 6.07) is 14.9. The van der Waals surface area contributed by atoms with E-state index in [9.17, 15) is 4.21 Å². The Bertz CT molecular complexity index is 1110. The molecule has 3 aromatic carbocycles. The monoisotopic (exact) mass is 426 g/mol. The maximum Gasteiger partial charge on any atom is 0.231 e. The second-order valence-corrected chi connectivity index (χ2v) is 8.11. The predicted octanol–water partition coefficient (Wildman–Crippen LogP) is 4.58. The summed E-state index contributed by atoms with van der Waals surface area (Å²) in [5.41, 5.74) is 2.52. The van der Waals surface area contributed by atoms with Crippen LogP contribution in [0.4, 0.5) is 0 Å². The van der Waals surface area contributed by atoms with E-state index in [2.05, 4.69) is 0 Å². The van der Waals surface area contributed by atoms with Crippen LogP contribution in [-0.4, -0.2) is 32.3 Å². The molecule has 0 aromatic heterocycles. The van der Waals surface area contributed by atoms with Crippen molar-refractivity contribution >= 4 is 10.8 Å². The molecule has 1 unspecified atom stereocenters. The van der Waals surface area contributed by atoms with E-state index in [1.165, 1.54) is 0 Å². The Morgan fingerprint density at radius 2 is 1.47 bits per heavy atom. The van der Waals surface area contributed by atoms with Crippen LogP contribution in [0, 0.1) is 6.92 Å². The van der Waals surface area contributed by atoms with E-state index in [-0.39, 0.29) is 6.79 Å². The molecule has 156 valence electrons. The average Bonchev–Trinajstić information content (AvgIpc) is 3.24. The molecule has 30 heavy (non-hydrogen) atoms. The van der Waals surface area contributed by atoms with Crippen LogP contribution in [0.2, 0.25) is 0 Å². The maximum atomic E-state index is 13.5. The van der Waals surface area contributed by atoms with E-state index in [1.807, 2.05) is 43.3 Å². The zero-order valence-electron chi connectivity index (χ0n) is 17.2. The Kier molecular flexibility index (Phi) is 5.55. The molecule has 0 saturated carbocycles. The van der Waals surface area contributed by atoms with Crippen LogP contribution in [0.25, 0.3) is 11.1 Å². The molecule has 0 fully saturated rings. The molecular weight excluding hydrogens is 404 g/mol. The fraction of sp³-hybridized carbons (Fsp3) is 0.217. The molecule has 1 aliphatic heterocycles. The molecule has 0 saturated heterocycles. The minimum absolute atomic E-state index is 0.123. The van der Waals surface area contributed by atoms with E-state index >= 15 is 0 Å². The van der Waals surface area contributed by atoms with Crippen molar-refractivity contribution in [3.8, 4) is 39.9 Å². The molecule has 0 amide bonds. The van der Waals surface area contributed by atoms with Crippen LogP contribution in [-0.2, 0) is 10.8 Å². The summed E-state index contributed by atoms with van der Waals surface area (Å²) in [5.74, 6) is 2.64. The van der Waals surface area contributed by atoms with E-state index in [0.29, 0.717) is 49.7 Å². The number of methoxy groups -OCH3 is 3. The zero-order valence-corrected chi connectivity index (χ0v) is 18.0. The first-order valence-corrected chi connectivity index (χ1v) is 10.4. The molecule has 6 nitrogen and oxygen atoms in total. The van der Waals surface area contributed by atoms with Crippen molar-refractivity contribution in [3.63, 3.8) is 0 Å². The lowest BCUT2D eigenvalue weighted by Gasteiger charge is -2.18. The summed E-state index contributed by atoms with van der Waals surface area (Å²) in [6.45, 7) is 2.12. The van der Waals surface area contributed by atoms with Crippen molar-refractivity contribution in [2.24, 2.45) is 0 Å². The number of hydrogen-bond donors (Lipinski definition) is 0. The third-order valence-corrected chi connectivity index (χ3v) is 6.34. The summed E-state index contributed by atoms with van der Waals surface area (Å²) < 4.78 is 41.2. The van der Waals surface area contributed by atoms with Crippen molar-refractivity contribution in [3.05, 3.63) is 54.1 Å². The van der Waals surface area contributed by atoms with Crippen molar-refractivity contribution < 1.29 is 27.9 Å². The second-order valence-electron chi connectivity index (χ2n) is 6.67. The summed E-state index contributed by atoms with van der Waals surface area (Å²) in [7, 11) is 3.23. The second kappa shape index (κ2) is 8.28. The van der Waals surface area contributed by atoms with Gasteiger partial charge in [0.2, 0.25) is 12.5 Å². The summed E-state index contributed by atoms with van der Waals surface area (Å²) >= 11 is 0. The zero-order chi connectivity index (χ0) is 21.3. The Morgan fingerprint density at radius 1 is 0.800 bits per heavy atom. The van der Waals surface area contributed by atoms with E-state index in [1.54, 1.807) is 33.5 Å². The Balaban J connectivity index is 1.94. The first-order valence-electron chi connectivity index (χ1n) is 9.28. The molecule has 0 N–H and O–H groups in total. The highest BCUT2D eigenvalue weighted by atomic mass is 32.2. The SMILES string of the molecule is COc1ccc(-c2cc3c(cc2S(=O)c2ccc(C)cc2)OCO3)c(OC)c1OC. The van der Waals surface area contributed by atoms with Gasteiger partial charge in [-0.15, -0.1) is 0 Å². The molecule has 3 aromatic rings. The van der Waals surface area contributed by atoms with Gasteiger partial charge in [-0.25, -0.2) is 4.21 Å². The molecular formula is C23H22O6S. The number of rotatable bonds is 6. The summed E-state index contributed by atoms with van der Waals surface area (Å²) in [4.78, 5) is 1.29. The van der Waals surface area contributed by atoms with Gasteiger partial charge in [0, 0.05) is 22.1 Å². The van der Waals surface area contributed by atoms with Gasteiger partial charge < -0.3 is 23.7 Å². The largest absolute Gasteiger partial charge is 0.493 e. The standard InChI is InChI=1S/C23H22O6S/c1-14-5-7-15(8-6-14)30(24)21-12-20-19(28-13-29-20)11-17(21)16-9-10-18(25-2)23(27-4)22(16)26-3/h5-12H,13H2,1-4H3. The minimum atomic E-state index is -1.45. The van der Waals surface area contributed by atoms with Gasteiger partial charge in [0.05, 0.1) is 37.0 Å². The molecule has 1 aliphatic rings. The molecule has 7 heteroatoms. The van der Waals surface area contributed by atoms with Gasteiger partial charge in [-0.05, 0) is 37.3 Å². The number of fused-ring (bicyclic) bond motifs is 1. The predicted molar refractivity (Wildman–Crippen MR) is 114 cm³/mol. The van der Waals surface area contributed by atoms with E-state index in [4.69, 9.17) is 23.7 Å². The first kappa shape index (κ1) is 20.1. The number of aryl methyl sites for hydroxylation is 1. The van der Waals surface area contributed by atoms with Gasteiger partial charge in [-0.1, -0.05) is 17.7 Å². The highest BCUT2D eigenvalue weighted by Crippen LogP contribution is 2.48. The van der Waals surface area contributed by atoms with Crippen LogP contribution in [0.3, 0.4) is 0 Å². The molecule has 0 spiro atoms. The summed E-state index contributed by atoms with van der Waals surface area (Å²) in [5, 5.41) is 0. The average molecular weight is 426 g/mol. The third kappa shape index (κ3) is 3.45. The lowest BCUT2D eigenvalue weighted by atomic mass is 10.0. The fourth-order valence-electron chi connectivity index (χ4n) is 3.39. The van der Waals surface area contributed by atoms with Crippen LogP contribution in [0.15, 0.2) is 58.3 Å². The number of hydrogen-bond acceptors (Lipinski definition) is 6. The van der Waals surface area contributed by atoms with Crippen molar-refractivity contribution in [1.29, 1.82) is 0 Å². The summed E-state index contributed by atoms with van der Waals surface area (Å²) in [6.07, 6.45) is 0. The van der Waals surface area contributed by atoms with Crippen LogP contribution in [0.1, 0.15) is 5.56 Å². The van der Waals surface area contributed by atoms with Gasteiger partial charge in [0.15, 0.2) is 23.0 Å². The van der Waals surface area contributed by atoms with Crippen molar-refractivity contribution in [2.75, 3.05) is 28.1 Å². The van der Waals surface area contributed by atoms with Crippen LogP contribution in [0.5, 0.6) is 28.7 Å². The number of benzene rings is 3. The lowest BCUT2D eigenvalue weighted by Crippen LogP contribution is -2.00. The van der Waals surface area contributed by atoms with Crippen LogP contribution >= 0.6 is 0 Å². The molecule has 0 aliphatic carbocycles. The minimum Gasteiger partial charge on any atom is -0.493 e. The van der Waals surface area contributed by atoms with E-state index < -0.39 is 10.8 Å². The van der Waals surface area contributed by atoms with Crippen molar-refractivity contribution in [2.45, 2.75) is 16.7 Å². The van der Waals surface area contributed by atoms with E-state index in [0.717, 1.165) is 5.56 Å². The Labute approximate surface area is 177 Å².